The summed E-state index contributed by atoms with van der Waals surface area (Å²) >= 11 is 0. The Morgan fingerprint density at radius 2 is 1.94 bits per heavy atom. The third-order valence-electron chi connectivity index (χ3n) is 6.31. The van der Waals surface area contributed by atoms with E-state index in [1.165, 1.54) is 12.8 Å². The van der Waals surface area contributed by atoms with Gasteiger partial charge in [0.25, 0.3) is 5.91 Å². The summed E-state index contributed by atoms with van der Waals surface area (Å²) in [6, 6.07) is 11.3. The number of amides is 1. The zero-order valence-corrected chi connectivity index (χ0v) is 20.9. The summed E-state index contributed by atoms with van der Waals surface area (Å²) in [5.41, 5.74) is 3.36. The number of aromatic amines is 1. The van der Waals surface area contributed by atoms with Crippen LogP contribution in [-0.2, 0) is 0 Å². The summed E-state index contributed by atoms with van der Waals surface area (Å²) in [6.07, 6.45) is 2.41. The van der Waals surface area contributed by atoms with Gasteiger partial charge in [0.15, 0.2) is 5.76 Å². The minimum Gasteiger partial charge on any atom is -0.451 e. The first-order chi connectivity index (χ1) is 17.5. The number of furan rings is 1. The minimum absolute atomic E-state index is 0.214. The van der Waals surface area contributed by atoms with Gasteiger partial charge in [0.05, 0.1) is 5.69 Å². The molecule has 1 amide bonds. The molecule has 10 nitrogen and oxygen atoms in total. The van der Waals surface area contributed by atoms with Gasteiger partial charge < -0.3 is 25.3 Å². The molecule has 1 fully saturated rings. The predicted octanol–water partition coefficient (Wildman–Crippen LogP) is 4.69. The molecule has 36 heavy (non-hydrogen) atoms. The summed E-state index contributed by atoms with van der Waals surface area (Å²) in [4.78, 5) is 23.9. The Labute approximate surface area is 209 Å². The first kappa shape index (κ1) is 23.8. The fraction of sp³-hybridized carbons (Fsp3) is 0.385. The van der Waals surface area contributed by atoms with Crippen LogP contribution in [0.5, 0.6) is 0 Å². The zero-order chi connectivity index (χ0) is 25.1. The number of aromatic nitrogens is 4. The topological polar surface area (TPSA) is 124 Å². The van der Waals surface area contributed by atoms with Gasteiger partial charge in [0.2, 0.25) is 5.95 Å². The number of carbonyl (C=O) groups is 1. The zero-order valence-electron chi connectivity index (χ0n) is 20.9. The first-order valence-electron chi connectivity index (χ1n) is 12.5. The van der Waals surface area contributed by atoms with Crippen molar-refractivity contribution in [2.75, 3.05) is 36.8 Å². The van der Waals surface area contributed by atoms with Crippen molar-refractivity contribution in [2.45, 2.75) is 39.5 Å². The van der Waals surface area contributed by atoms with E-state index in [9.17, 15) is 4.79 Å². The van der Waals surface area contributed by atoms with Gasteiger partial charge in [-0.2, -0.15) is 10.1 Å². The van der Waals surface area contributed by atoms with Crippen LogP contribution in [0, 0.1) is 6.92 Å². The molecular weight excluding hydrogens is 456 g/mol. The molecule has 0 aliphatic heterocycles. The van der Waals surface area contributed by atoms with Gasteiger partial charge in [-0.3, -0.25) is 9.89 Å². The Morgan fingerprint density at radius 1 is 1.11 bits per heavy atom. The first-order valence-corrected chi connectivity index (χ1v) is 12.5. The highest BCUT2D eigenvalue weighted by molar-refractivity contribution is 5.96. The number of anilines is 4. The molecule has 0 unspecified atom stereocenters. The molecule has 5 rings (SSSR count). The van der Waals surface area contributed by atoms with Gasteiger partial charge >= 0.3 is 0 Å². The third kappa shape index (κ3) is 5.65. The largest absolute Gasteiger partial charge is 0.451 e. The highest BCUT2D eigenvalue weighted by Crippen LogP contribution is 2.39. The van der Waals surface area contributed by atoms with E-state index < -0.39 is 0 Å². The Bertz CT molecular complexity index is 1350. The highest BCUT2D eigenvalue weighted by Gasteiger charge is 2.26. The number of likely N-dealkylation sites (N-methyl/N-ethyl adjacent to an activating group) is 1. The molecule has 1 saturated carbocycles. The molecule has 4 N–H and O–H groups in total. The van der Waals surface area contributed by atoms with E-state index in [-0.39, 0.29) is 5.91 Å². The minimum atomic E-state index is -0.214. The second-order valence-electron chi connectivity index (χ2n) is 9.09. The molecule has 0 atom stereocenters. The van der Waals surface area contributed by atoms with Crippen LogP contribution in [0.3, 0.4) is 0 Å². The van der Waals surface area contributed by atoms with Crippen molar-refractivity contribution >= 4 is 40.1 Å². The lowest BCUT2D eigenvalue weighted by Crippen LogP contribution is -2.34. The predicted molar refractivity (Wildman–Crippen MR) is 140 cm³/mol. The maximum Gasteiger partial charge on any atom is 0.287 e. The molecule has 3 heterocycles. The number of aryl methyl sites for hydroxylation is 1. The van der Waals surface area contributed by atoms with Crippen LogP contribution in [0.1, 0.15) is 54.5 Å². The van der Waals surface area contributed by atoms with E-state index in [4.69, 9.17) is 4.42 Å². The van der Waals surface area contributed by atoms with Crippen molar-refractivity contribution in [3.8, 4) is 0 Å². The number of carbonyl (C=O) groups excluding carboxylic acids is 1. The summed E-state index contributed by atoms with van der Waals surface area (Å²) in [5, 5.41) is 17.7. The molecule has 0 radical (unpaired) electrons. The van der Waals surface area contributed by atoms with Gasteiger partial charge in [0, 0.05) is 47.9 Å². The SMILES string of the molecule is CCN(CC)CCNC(=O)c1cc2cc(Nc3nc(C)cc(Nc4cc(C5CC5)n[nH]4)n3)ccc2o1. The van der Waals surface area contributed by atoms with E-state index in [2.05, 4.69) is 54.9 Å². The summed E-state index contributed by atoms with van der Waals surface area (Å²) < 4.78 is 5.77. The number of H-pyrrole nitrogens is 1. The molecular formula is C26H32N8O2. The lowest BCUT2D eigenvalue weighted by atomic mass is 10.2. The molecule has 4 aromatic rings. The van der Waals surface area contributed by atoms with Crippen LogP contribution >= 0.6 is 0 Å². The third-order valence-corrected chi connectivity index (χ3v) is 6.31. The maximum atomic E-state index is 12.5. The number of hydrogen-bond donors (Lipinski definition) is 4. The molecule has 1 aliphatic rings. The molecule has 10 heteroatoms. The Kier molecular flexibility index (Phi) is 6.86. The van der Waals surface area contributed by atoms with E-state index >= 15 is 0 Å². The molecule has 0 bridgehead atoms. The van der Waals surface area contributed by atoms with Gasteiger partial charge in [-0.15, -0.1) is 0 Å². The number of nitrogens with zero attached hydrogens (tertiary/aromatic N) is 4. The van der Waals surface area contributed by atoms with Crippen molar-refractivity contribution in [2.24, 2.45) is 0 Å². The van der Waals surface area contributed by atoms with Crippen molar-refractivity contribution < 1.29 is 9.21 Å². The highest BCUT2D eigenvalue weighted by atomic mass is 16.3. The van der Waals surface area contributed by atoms with Gasteiger partial charge in [0.1, 0.15) is 17.2 Å². The maximum absolute atomic E-state index is 12.5. The Balaban J connectivity index is 1.25. The van der Waals surface area contributed by atoms with Crippen molar-refractivity contribution in [1.29, 1.82) is 0 Å². The normalized spacial score (nSPS) is 13.3. The summed E-state index contributed by atoms with van der Waals surface area (Å²) in [5.74, 6) is 2.61. The average Bonchev–Trinajstić information content (AvgIpc) is 3.45. The molecule has 1 aromatic carbocycles. The van der Waals surface area contributed by atoms with E-state index in [1.54, 1.807) is 6.07 Å². The van der Waals surface area contributed by atoms with Crippen LogP contribution < -0.4 is 16.0 Å². The quantitative estimate of drug-likeness (QED) is 0.240. The second-order valence-corrected chi connectivity index (χ2v) is 9.09. The Hall–Kier alpha value is -3.92. The van der Waals surface area contributed by atoms with Crippen LogP contribution in [0.25, 0.3) is 11.0 Å². The molecule has 0 saturated heterocycles. The summed E-state index contributed by atoms with van der Waals surface area (Å²) in [6.45, 7) is 9.44. The average molecular weight is 489 g/mol. The monoisotopic (exact) mass is 488 g/mol. The molecule has 0 spiro atoms. The number of rotatable bonds is 11. The molecule has 188 valence electrons. The van der Waals surface area contributed by atoms with Crippen molar-refractivity contribution in [3.63, 3.8) is 0 Å². The van der Waals surface area contributed by atoms with Crippen LogP contribution in [0.15, 0.2) is 40.8 Å². The number of fused-ring (bicyclic) bond motifs is 1. The van der Waals surface area contributed by atoms with Crippen molar-refractivity contribution in [1.82, 2.24) is 30.4 Å². The second kappa shape index (κ2) is 10.4. The number of nitrogens with one attached hydrogen (secondary N) is 4. The van der Waals surface area contributed by atoms with Crippen molar-refractivity contribution in [3.05, 3.63) is 53.5 Å². The lowest BCUT2D eigenvalue weighted by molar-refractivity contribution is 0.0923. The van der Waals surface area contributed by atoms with Gasteiger partial charge in [-0.25, -0.2) is 4.98 Å². The van der Waals surface area contributed by atoms with E-state index in [1.807, 2.05) is 37.3 Å². The van der Waals surface area contributed by atoms with Gasteiger partial charge in [-0.05, 0) is 57.1 Å². The lowest BCUT2D eigenvalue weighted by Gasteiger charge is -2.17. The molecule has 3 aromatic heterocycles. The van der Waals surface area contributed by atoms with Crippen LogP contribution in [0.4, 0.5) is 23.3 Å². The fourth-order valence-electron chi connectivity index (χ4n) is 4.13. The van der Waals surface area contributed by atoms with Crippen LogP contribution in [0.2, 0.25) is 0 Å². The van der Waals surface area contributed by atoms with E-state index in [0.29, 0.717) is 35.6 Å². The van der Waals surface area contributed by atoms with E-state index in [0.717, 1.165) is 47.9 Å². The number of hydrogen-bond acceptors (Lipinski definition) is 8. The van der Waals surface area contributed by atoms with Gasteiger partial charge in [-0.1, -0.05) is 13.8 Å². The standard InChI is InChI=1S/C26H32N8O2/c1-4-34(5-2)11-10-27-25(35)22-14-18-13-19(8-9-21(18)36-22)29-26-28-16(3)12-23(31-26)30-24-15-20(32-33-24)17-6-7-17/h8-9,12-15,17H,4-7,10-11H2,1-3H3,(H,27,35)(H3,28,29,30,31,32,33). The number of benzene rings is 1. The van der Waals surface area contributed by atoms with Crippen LogP contribution in [-0.4, -0.2) is 57.2 Å². The Morgan fingerprint density at radius 3 is 2.72 bits per heavy atom. The molecule has 1 aliphatic carbocycles. The summed E-state index contributed by atoms with van der Waals surface area (Å²) in [7, 11) is 0. The smallest absolute Gasteiger partial charge is 0.287 e. The fourth-order valence-corrected chi connectivity index (χ4v) is 4.13.